The third-order valence-electron chi connectivity index (χ3n) is 2.51. The predicted octanol–water partition coefficient (Wildman–Crippen LogP) is -0.212. The quantitative estimate of drug-likeness (QED) is 0.572. The number of amides is 1. The lowest BCUT2D eigenvalue weighted by Crippen LogP contribution is -2.43. The molecule has 0 bridgehead atoms. The Kier molecular flexibility index (Phi) is 3.27. The van der Waals surface area contributed by atoms with Crippen molar-refractivity contribution in [3.05, 3.63) is 0 Å². The molecule has 0 radical (unpaired) electrons. The van der Waals surface area contributed by atoms with Gasteiger partial charge in [-0.05, 0) is 19.8 Å². The standard InChI is InChI=1S/C9H17NO3/c1-7(11)8(12)10-6-9(13)4-2-3-5-9/h7,11,13H,2-6H2,1H3,(H,10,12)/t7-/m0/s1. The van der Waals surface area contributed by atoms with Gasteiger partial charge in [-0.15, -0.1) is 0 Å². The van der Waals surface area contributed by atoms with Crippen LogP contribution in [0.25, 0.3) is 0 Å². The second-order valence-corrected chi connectivity index (χ2v) is 3.83. The zero-order valence-corrected chi connectivity index (χ0v) is 7.92. The molecule has 13 heavy (non-hydrogen) atoms. The van der Waals surface area contributed by atoms with Gasteiger partial charge in [0, 0.05) is 6.54 Å². The van der Waals surface area contributed by atoms with E-state index in [2.05, 4.69) is 5.32 Å². The minimum absolute atomic E-state index is 0.261. The lowest BCUT2D eigenvalue weighted by atomic mass is 10.0. The smallest absolute Gasteiger partial charge is 0.248 e. The fourth-order valence-corrected chi connectivity index (χ4v) is 1.61. The number of hydrogen-bond acceptors (Lipinski definition) is 3. The monoisotopic (exact) mass is 187 g/mol. The van der Waals surface area contributed by atoms with Gasteiger partial charge in [0.25, 0.3) is 0 Å². The fourth-order valence-electron chi connectivity index (χ4n) is 1.61. The summed E-state index contributed by atoms with van der Waals surface area (Å²) in [6.45, 7) is 1.67. The SMILES string of the molecule is C[C@H](O)C(=O)NCC1(O)CCCC1. The highest BCUT2D eigenvalue weighted by molar-refractivity contribution is 5.80. The first-order valence-corrected chi connectivity index (χ1v) is 4.72. The van der Waals surface area contributed by atoms with Gasteiger partial charge in [0.05, 0.1) is 5.60 Å². The van der Waals surface area contributed by atoms with Gasteiger partial charge >= 0.3 is 0 Å². The van der Waals surface area contributed by atoms with E-state index in [9.17, 15) is 9.90 Å². The van der Waals surface area contributed by atoms with Gasteiger partial charge in [-0.1, -0.05) is 12.8 Å². The van der Waals surface area contributed by atoms with Crippen molar-refractivity contribution in [2.24, 2.45) is 0 Å². The van der Waals surface area contributed by atoms with Crippen LogP contribution in [0.5, 0.6) is 0 Å². The van der Waals surface area contributed by atoms with Crippen molar-refractivity contribution in [3.8, 4) is 0 Å². The molecule has 1 aliphatic rings. The molecule has 0 saturated heterocycles. The molecule has 76 valence electrons. The van der Waals surface area contributed by atoms with Gasteiger partial charge in [0.15, 0.2) is 0 Å². The van der Waals surface area contributed by atoms with Crippen LogP contribution in [0.1, 0.15) is 32.6 Å². The van der Waals surface area contributed by atoms with E-state index < -0.39 is 17.6 Å². The molecule has 1 rings (SSSR count). The molecule has 1 aliphatic carbocycles. The summed E-state index contributed by atoms with van der Waals surface area (Å²) in [4.78, 5) is 11.0. The van der Waals surface area contributed by atoms with Crippen molar-refractivity contribution in [1.29, 1.82) is 0 Å². The van der Waals surface area contributed by atoms with Crippen LogP contribution in [0.4, 0.5) is 0 Å². The largest absolute Gasteiger partial charge is 0.388 e. The number of nitrogens with one attached hydrogen (secondary N) is 1. The molecule has 0 aromatic rings. The number of aliphatic hydroxyl groups is 2. The zero-order chi connectivity index (χ0) is 9.90. The van der Waals surface area contributed by atoms with E-state index in [0.29, 0.717) is 0 Å². The molecule has 1 fully saturated rings. The summed E-state index contributed by atoms with van der Waals surface area (Å²) < 4.78 is 0. The van der Waals surface area contributed by atoms with E-state index in [1.807, 2.05) is 0 Å². The number of carbonyl (C=O) groups is 1. The predicted molar refractivity (Wildman–Crippen MR) is 48.1 cm³/mol. The number of rotatable bonds is 3. The van der Waals surface area contributed by atoms with Crippen LogP contribution in [-0.2, 0) is 4.79 Å². The summed E-state index contributed by atoms with van der Waals surface area (Å²) in [7, 11) is 0. The average Bonchev–Trinajstić information content (AvgIpc) is 2.48. The fraction of sp³-hybridized carbons (Fsp3) is 0.889. The van der Waals surface area contributed by atoms with Crippen LogP contribution in [0.3, 0.4) is 0 Å². The molecule has 0 unspecified atom stereocenters. The van der Waals surface area contributed by atoms with Crippen LogP contribution < -0.4 is 5.32 Å². The van der Waals surface area contributed by atoms with E-state index in [4.69, 9.17) is 5.11 Å². The number of carbonyl (C=O) groups excluding carboxylic acids is 1. The Labute approximate surface area is 78.0 Å². The summed E-state index contributed by atoms with van der Waals surface area (Å²) in [5.74, 6) is -0.416. The molecule has 1 amide bonds. The molecule has 0 spiro atoms. The lowest BCUT2D eigenvalue weighted by Gasteiger charge is -2.22. The van der Waals surface area contributed by atoms with E-state index in [-0.39, 0.29) is 6.54 Å². The van der Waals surface area contributed by atoms with Crippen LogP contribution in [0, 0.1) is 0 Å². The first kappa shape index (κ1) is 10.5. The first-order chi connectivity index (χ1) is 6.03. The van der Waals surface area contributed by atoms with Crippen molar-refractivity contribution in [1.82, 2.24) is 5.32 Å². The van der Waals surface area contributed by atoms with Crippen molar-refractivity contribution in [2.75, 3.05) is 6.54 Å². The summed E-state index contributed by atoms with van der Waals surface area (Å²) in [6, 6.07) is 0. The Morgan fingerprint density at radius 1 is 1.54 bits per heavy atom. The van der Waals surface area contributed by atoms with Crippen molar-refractivity contribution in [2.45, 2.75) is 44.3 Å². The van der Waals surface area contributed by atoms with Gasteiger partial charge in [-0.3, -0.25) is 4.79 Å². The van der Waals surface area contributed by atoms with E-state index in [1.54, 1.807) is 0 Å². The third kappa shape index (κ3) is 2.97. The Morgan fingerprint density at radius 2 is 2.08 bits per heavy atom. The molecule has 0 heterocycles. The number of aliphatic hydroxyl groups excluding tert-OH is 1. The summed E-state index contributed by atoms with van der Waals surface area (Å²) in [5, 5.41) is 21.2. The highest BCUT2D eigenvalue weighted by Crippen LogP contribution is 2.28. The average molecular weight is 187 g/mol. The van der Waals surface area contributed by atoms with Gasteiger partial charge in [0.2, 0.25) is 5.91 Å². The third-order valence-corrected chi connectivity index (χ3v) is 2.51. The maximum Gasteiger partial charge on any atom is 0.248 e. The molecule has 1 saturated carbocycles. The molecule has 1 atom stereocenters. The van der Waals surface area contributed by atoms with Crippen LogP contribution in [-0.4, -0.2) is 34.4 Å². The number of hydrogen-bond donors (Lipinski definition) is 3. The van der Waals surface area contributed by atoms with E-state index >= 15 is 0 Å². The Bertz CT molecular complexity index is 185. The van der Waals surface area contributed by atoms with Crippen LogP contribution in [0.2, 0.25) is 0 Å². The lowest BCUT2D eigenvalue weighted by molar-refractivity contribution is -0.129. The molecule has 0 aromatic carbocycles. The van der Waals surface area contributed by atoms with E-state index in [0.717, 1.165) is 25.7 Å². The van der Waals surface area contributed by atoms with Crippen LogP contribution in [0.15, 0.2) is 0 Å². The molecule has 4 heteroatoms. The highest BCUT2D eigenvalue weighted by atomic mass is 16.3. The minimum Gasteiger partial charge on any atom is -0.388 e. The highest BCUT2D eigenvalue weighted by Gasteiger charge is 2.31. The van der Waals surface area contributed by atoms with Gasteiger partial charge < -0.3 is 15.5 Å². The van der Waals surface area contributed by atoms with Gasteiger partial charge in [-0.2, -0.15) is 0 Å². The van der Waals surface area contributed by atoms with Crippen LogP contribution >= 0.6 is 0 Å². The van der Waals surface area contributed by atoms with Crippen molar-refractivity contribution < 1.29 is 15.0 Å². The molecule has 3 N–H and O–H groups in total. The van der Waals surface area contributed by atoms with Gasteiger partial charge in [0.1, 0.15) is 6.10 Å². The maximum absolute atomic E-state index is 11.0. The zero-order valence-electron chi connectivity index (χ0n) is 7.92. The molecular weight excluding hydrogens is 170 g/mol. The second-order valence-electron chi connectivity index (χ2n) is 3.83. The summed E-state index contributed by atoms with van der Waals surface area (Å²) in [6.07, 6.45) is 2.52. The Hall–Kier alpha value is -0.610. The Balaban J connectivity index is 2.29. The molecule has 4 nitrogen and oxygen atoms in total. The Morgan fingerprint density at radius 3 is 2.54 bits per heavy atom. The van der Waals surface area contributed by atoms with Crippen molar-refractivity contribution in [3.63, 3.8) is 0 Å². The normalized spacial score (nSPS) is 22.7. The maximum atomic E-state index is 11.0. The van der Waals surface area contributed by atoms with Gasteiger partial charge in [-0.25, -0.2) is 0 Å². The second kappa shape index (κ2) is 4.07. The minimum atomic E-state index is -0.995. The summed E-state index contributed by atoms with van der Waals surface area (Å²) in [5.41, 5.74) is -0.732. The summed E-state index contributed by atoms with van der Waals surface area (Å²) >= 11 is 0. The van der Waals surface area contributed by atoms with E-state index in [1.165, 1.54) is 6.92 Å². The topological polar surface area (TPSA) is 69.6 Å². The first-order valence-electron chi connectivity index (χ1n) is 4.72. The molecular formula is C9H17NO3. The van der Waals surface area contributed by atoms with Crippen molar-refractivity contribution >= 4 is 5.91 Å². The molecule has 0 aromatic heterocycles. The molecule has 0 aliphatic heterocycles.